The third-order valence-electron chi connectivity index (χ3n) is 3.21. The van der Waals surface area contributed by atoms with Crippen molar-refractivity contribution in [2.75, 3.05) is 34.5 Å². The minimum Gasteiger partial charge on any atom is -0.493 e. The van der Waals surface area contributed by atoms with Crippen molar-refractivity contribution < 1.29 is 18.9 Å². The van der Waals surface area contributed by atoms with Gasteiger partial charge in [0, 0.05) is 19.4 Å². The number of benzene rings is 1. The van der Waals surface area contributed by atoms with Crippen LogP contribution in [0.15, 0.2) is 18.2 Å². The van der Waals surface area contributed by atoms with Gasteiger partial charge in [-0.1, -0.05) is 6.07 Å². The lowest BCUT2D eigenvalue weighted by molar-refractivity contribution is 0.0416. The SMILES string of the molecule is CCOC(COC)C(=N)CCc1ccc(OC)c(OC)c1. The van der Waals surface area contributed by atoms with Gasteiger partial charge in [-0.15, -0.1) is 0 Å². The van der Waals surface area contributed by atoms with Gasteiger partial charge in [0.2, 0.25) is 0 Å². The third-order valence-corrected chi connectivity index (χ3v) is 3.21. The zero-order chi connectivity index (χ0) is 15.7. The van der Waals surface area contributed by atoms with E-state index in [0.29, 0.717) is 36.8 Å². The predicted octanol–water partition coefficient (Wildman–Crippen LogP) is 2.71. The lowest BCUT2D eigenvalue weighted by Crippen LogP contribution is -2.28. The highest BCUT2D eigenvalue weighted by atomic mass is 16.5. The summed E-state index contributed by atoms with van der Waals surface area (Å²) in [5, 5.41) is 8.12. The number of ether oxygens (including phenoxy) is 4. The molecule has 0 aromatic heterocycles. The van der Waals surface area contributed by atoms with Crippen LogP contribution in [-0.4, -0.2) is 46.4 Å². The van der Waals surface area contributed by atoms with Crippen LogP contribution in [0.4, 0.5) is 0 Å². The molecule has 0 bridgehead atoms. The van der Waals surface area contributed by atoms with Crippen LogP contribution in [0, 0.1) is 5.41 Å². The zero-order valence-electron chi connectivity index (χ0n) is 13.3. The zero-order valence-corrected chi connectivity index (χ0v) is 13.3. The second kappa shape index (κ2) is 9.37. The fourth-order valence-electron chi connectivity index (χ4n) is 2.08. The summed E-state index contributed by atoms with van der Waals surface area (Å²) in [4.78, 5) is 0. The fourth-order valence-corrected chi connectivity index (χ4v) is 2.08. The fraction of sp³-hybridized carbons (Fsp3) is 0.562. The average Bonchev–Trinajstić information content (AvgIpc) is 2.52. The van der Waals surface area contributed by atoms with Gasteiger partial charge in [-0.2, -0.15) is 0 Å². The third kappa shape index (κ3) is 5.36. The summed E-state index contributed by atoms with van der Waals surface area (Å²) < 4.78 is 21.1. The maximum Gasteiger partial charge on any atom is 0.160 e. The van der Waals surface area contributed by atoms with Gasteiger partial charge in [0.15, 0.2) is 11.5 Å². The minimum atomic E-state index is -0.264. The number of aryl methyl sites for hydroxylation is 1. The second-order valence-corrected chi connectivity index (χ2v) is 4.61. The summed E-state index contributed by atoms with van der Waals surface area (Å²) in [5.41, 5.74) is 1.65. The molecule has 0 saturated heterocycles. The molecule has 21 heavy (non-hydrogen) atoms. The molecule has 0 heterocycles. The van der Waals surface area contributed by atoms with E-state index >= 15 is 0 Å². The smallest absolute Gasteiger partial charge is 0.160 e. The summed E-state index contributed by atoms with van der Waals surface area (Å²) >= 11 is 0. The first-order valence-electron chi connectivity index (χ1n) is 7.05. The molecule has 1 N–H and O–H groups in total. The monoisotopic (exact) mass is 295 g/mol. The molecule has 0 aliphatic heterocycles. The highest BCUT2D eigenvalue weighted by Crippen LogP contribution is 2.28. The van der Waals surface area contributed by atoms with Crippen molar-refractivity contribution in [1.82, 2.24) is 0 Å². The van der Waals surface area contributed by atoms with Gasteiger partial charge in [-0.3, -0.25) is 0 Å². The normalized spacial score (nSPS) is 12.0. The van der Waals surface area contributed by atoms with Crippen molar-refractivity contribution in [3.8, 4) is 11.5 Å². The summed E-state index contributed by atoms with van der Waals surface area (Å²) in [5.74, 6) is 1.42. The van der Waals surface area contributed by atoms with Crippen molar-refractivity contribution in [3.05, 3.63) is 23.8 Å². The van der Waals surface area contributed by atoms with Crippen molar-refractivity contribution in [1.29, 1.82) is 5.41 Å². The molecule has 5 heteroatoms. The number of hydrogen-bond donors (Lipinski definition) is 1. The largest absolute Gasteiger partial charge is 0.493 e. The average molecular weight is 295 g/mol. The first kappa shape index (κ1) is 17.5. The van der Waals surface area contributed by atoms with E-state index in [-0.39, 0.29) is 6.10 Å². The van der Waals surface area contributed by atoms with Crippen LogP contribution in [0.25, 0.3) is 0 Å². The number of nitrogens with one attached hydrogen (secondary N) is 1. The minimum absolute atomic E-state index is 0.264. The predicted molar refractivity (Wildman–Crippen MR) is 82.9 cm³/mol. The van der Waals surface area contributed by atoms with E-state index in [1.165, 1.54) is 0 Å². The summed E-state index contributed by atoms with van der Waals surface area (Å²) in [7, 11) is 4.85. The van der Waals surface area contributed by atoms with Gasteiger partial charge in [0.25, 0.3) is 0 Å². The van der Waals surface area contributed by atoms with Gasteiger partial charge < -0.3 is 24.4 Å². The highest BCUT2D eigenvalue weighted by molar-refractivity contribution is 5.86. The van der Waals surface area contributed by atoms with Gasteiger partial charge in [0.1, 0.15) is 6.10 Å². The molecule has 0 radical (unpaired) electrons. The first-order chi connectivity index (χ1) is 10.2. The van der Waals surface area contributed by atoms with Crippen molar-refractivity contribution in [2.45, 2.75) is 25.9 Å². The maximum absolute atomic E-state index is 8.12. The Morgan fingerprint density at radius 3 is 2.43 bits per heavy atom. The van der Waals surface area contributed by atoms with Gasteiger partial charge in [-0.05, 0) is 37.5 Å². The molecule has 1 aromatic rings. The molecule has 1 atom stereocenters. The van der Waals surface area contributed by atoms with E-state index in [0.717, 1.165) is 12.0 Å². The van der Waals surface area contributed by atoms with Crippen LogP contribution in [-0.2, 0) is 15.9 Å². The number of hydrogen-bond acceptors (Lipinski definition) is 5. The molecule has 0 aliphatic carbocycles. The first-order valence-corrected chi connectivity index (χ1v) is 7.05. The Kier molecular flexibility index (Phi) is 7.79. The molecule has 0 fully saturated rings. The van der Waals surface area contributed by atoms with E-state index in [2.05, 4.69) is 0 Å². The quantitative estimate of drug-likeness (QED) is 0.674. The van der Waals surface area contributed by atoms with Crippen LogP contribution in [0.2, 0.25) is 0 Å². The lowest BCUT2D eigenvalue weighted by atomic mass is 10.0. The van der Waals surface area contributed by atoms with E-state index in [1.807, 2.05) is 25.1 Å². The molecule has 0 saturated carbocycles. The summed E-state index contributed by atoms with van der Waals surface area (Å²) in [6, 6.07) is 5.81. The van der Waals surface area contributed by atoms with Crippen LogP contribution >= 0.6 is 0 Å². The standard InChI is InChI=1S/C16H25NO4/c1-5-21-16(11-18-2)13(17)8-6-12-7-9-14(19-3)15(10-12)20-4/h7,9-10,16-17H,5-6,8,11H2,1-4H3. The Balaban J connectivity index is 2.63. The Labute approximate surface area is 126 Å². The molecule has 1 rings (SSSR count). The molecular weight excluding hydrogens is 270 g/mol. The summed E-state index contributed by atoms with van der Waals surface area (Å²) in [6.45, 7) is 2.91. The summed E-state index contributed by atoms with van der Waals surface area (Å²) in [6.07, 6.45) is 1.12. The molecule has 1 aromatic carbocycles. The number of methoxy groups -OCH3 is 3. The number of rotatable bonds is 10. The van der Waals surface area contributed by atoms with Gasteiger partial charge >= 0.3 is 0 Å². The molecular formula is C16H25NO4. The van der Waals surface area contributed by atoms with Gasteiger partial charge in [0.05, 0.1) is 20.8 Å². The highest BCUT2D eigenvalue weighted by Gasteiger charge is 2.15. The Bertz CT molecular complexity index is 442. The van der Waals surface area contributed by atoms with E-state index in [4.69, 9.17) is 24.4 Å². The van der Waals surface area contributed by atoms with E-state index in [1.54, 1.807) is 21.3 Å². The van der Waals surface area contributed by atoms with Crippen molar-refractivity contribution >= 4 is 5.71 Å². The Morgan fingerprint density at radius 2 is 1.86 bits per heavy atom. The molecule has 1 unspecified atom stereocenters. The van der Waals surface area contributed by atoms with E-state index in [9.17, 15) is 0 Å². The Hall–Kier alpha value is -1.59. The lowest BCUT2D eigenvalue weighted by Gasteiger charge is -2.17. The molecule has 5 nitrogen and oxygen atoms in total. The van der Waals surface area contributed by atoms with Crippen LogP contribution in [0.5, 0.6) is 11.5 Å². The van der Waals surface area contributed by atoms with Crippen molar-refractivity contribution in [2.24, 2.45) is 0 Å². The second-order valence-electron chi connectivity index (χ2n) is 4.61. The van der Waals surface area contributed by atoms with Crippen LogP contribution in [0.3, 0.4) is 0 Å². The van der Waals surface area contributed by atoms with Crippen molar-refractivity contribution in [3.63, 3.8) is 0 Å². The Morgan fingerprint density at radius 1 is 1.14 bits per heavy atom. The molecule has 0 spiro atoms. The molecule has 118 valence electrons. The van der Waals surface area contributed by atoms with Crippen LogP contribution < -0.4 is 9.47 Å². The maximum atomic E-state index is 8.12. The van der Waals surface area contributed by atoms with Crippen LogP contribution in [0.1, 0.15) is 18.9 Å². The topological polar surface area (TPSA) is 60.8 Å². The molecule has 0 aliphatic rings. The van der Waals surface area contributed by atoms with E-state index < -0.39 is 0 Å². The van der Waals surface area contributed by atoms with Gasteiger partial charge in [-0.25, -0.2) is 0 Å². The molecule has 0 amide bonds.